The van der Waals surface area contributed by atoms with Crippen molar-refractivity contribution in [3.8, 4) is 11.5 Å². The Balaban J connectivity index is 2.27. The maximum atomic E-state index is 10.1. The summed E-state index contributed by atoms with van der Waals surface area (Å²) in [5, 5.41) is 14.0. The number of ether oxygens (including phenoxy) is 1. The molecule has 0 aliphatic rings. The monoisotopic (exact) mass is 369 g/mol. The number of methoxy groups -OCH3 is 1. The van der Waals surface area contributed by atoms with Gasteiger partial charge in [0.05, 0.1) is 7.11 Å². The standard InChI is InChI=1S/C16H17BrClNO2/c1-9-4-12(17)5-10(2)15(9)19-8-11-6-13(18)7-14(21-3)16(11)20/h4-7,19-20H,8H2,1-3H3. The van der Waals surface area contributed by atoms with Crippen LogP contribution in [-0.4, -0.2) is 12.2 Å². The van der Waals surface area contributed by atoms with Crippen molar-refractivity contribution in [3.05, 3.63) is 50.5 Å². The molecule has 0 aliphatic carbocycles. The molecule has 0 spiro atoms. The molecule has 0 amide bonds. The first kappa shape index (κ1) is 16.0. The number of aryl methyl sites for hydroxylation is 2. The number of nitrogens with one attached hydrogen (secondary N) is 1. The number of phenolic OH excluding ortho intramolecular Hbond substituents is 1. The first-order valence-corrected chi connectivity index (χ1v) is 7.65. The van der Waals surface area contributed by atoms with Crippen molar-refractivity contribution >= 4 is 33.2 Å². The van der Waals surface area contributed by atoms with Crippen molar-refractivity contribution in [2.75, 3.05) is 12.4 Å². The fraction of sp³-hybridized carbons (Fsp3) is 0.250. The third kappa shape index (κ3) is 3.63. The van der Waals surface area contributed by atoms with Crippen molar-refractivity contribution in [3.63, 3.8) is 0 Å². The van der Waals surface area contributed by atoms with E-state index in [0.717, 1.165) is 21.3 Å². The van der Waals surface area contributed by atoms with E-state index in [0.29, 0.717) is 22.9 Å². The van der Waals surface area contributed by atoms with Gasteiger partial charge in [0.15, 0.2) is 11.5 Å². The molecule has 21 heavy (non-hydrogen) atoms. The van der Waals surface area contributed by atoms with Crippen LogP contribution in [0.2, 0.25) is 5.02 Å². The summed E-state index contributed by atoms with van der Waals surface area (Å²) >= 11 is 9.52. The largest absolute Gasteiger partial charge is 0.504 e. The number of phenols is 1. The fourth-order valence-electron chi connectivity index (χ4n) is 2.29. The highest BCUT2D eigenvalue weighted by Crippen LogP contribution is 2.34. The molecule has 0 bridgehead atoms. The third-order valence-corrected chi connectivity index (χ3v) is 3.97. The summed E-state index contributed by atoms with van der Waals surface area (Å²) in [4.78, 5) is 0. The van der Waals surface area contributed by atoms with Gasteiger partial charge in [-0.05, 0) is 43.2 Å². The van der Waals surface area contributed by atoms with Crippen molar-refractivity contribution in [1.29, 1.82) is 0 Å². The molecule has 0 radical (unpaired) electrons. The summed E-state index contributed by atoms with van der Waals surface area (Å²) < 4.78 is 6.16. The van der Waals surface area contributed by atoms with E-state index in [9.17, 15) is 5.11 Å². The SMILES string of the molecule is COc1cc(Cl)cc(CNc2c(C)cc(Br)cc2C)c1O. The van der Waals surface area contributed by atoms with Gasteiger partial charge in [-0.25, -0.2) is 0 Å². The average molecular weight is 371 g/mol. The molecule has 2 aromatic rings. The lowest BCUT2D eigenvalue weighted by Gasteiger charge is -2.15. The molecule has 112 valence electrons. The van der Waals surface area contributed by atoms with Crippen molar-refractivity contribution in [2.24, 2.45) is 0 Å². The molecule has 3 nitrogen and oxygen atoms in total. The number of halogens is 2. The van der Waals surface area contributed by atoms with Crippen LogP contribution in [0.25, 0.3) is 0 Å². The molecule has 2 aromatic carbocycles. The van der Waals surface area contributed by atoms with Gasteiger partial charge >= 0.3 is 0 Å². The fourth-order valence-corrected chi connectivity index (χ4v) is 3.21. The molecular formula is C16H17BrClNO2. The van der Waals surface area contributed by atoms with Gasteiger partial charge < -0.3 is 15.2 Å². The van der Waals surface area contributed by atoms with Crippen LogP contribution < -0.4 is 10.1 Å². The first-order chi connectivity index (χ1) is 9.92. The zero-order valence-corrected chi connectivity index (χ0v) is 14.5. The normalized spacial score (nSPS) is 10.5. The lowest BCUT2D eigenvalue weighted by molar-refractivity contribution is 0.371. The minimum Gasteiger partial charge on any atom is -0.504 e. The molecule has 0 saturated heterocycles. The number of benzene rings is 2. The van der Waals surface area contributed by atoms with Gasteiger partial charge in [0.1, 0.15) is 0 Å². The summed E-state index contributed by atoms with van der Waals surface area (Å²) in [6.07, 6.45) is 0. The second-order valence-corrected chi connectivity index (χ2v) is 6.24. The molecule has 0 aromatic heterocycles. The maximum Gasteiger partial charge on any atom is 0.162 e. The summed E-state index contributed by atoms with van der Waals surface area (Å²) in [7, 11) is 1.51. The molecule has 0 heterocycles. The van der Waals surface area contributed by atoms with E-state index in [2.05, 4.69) is 21.2 Å². The molecule has 2 rings (SSSR count). The minimum atomic E-state index is 0.113. The summed E-state index contributed by atoms with van der Waals surface area (Å²) in [6, 6.07) is 7.42. The molecule has 0 unspecified atom stereocenters. The highest BCUT2D eigenvalue weighted by molar-refractivity contribution is 9.10. The zero-order valence-electron chi connectivity index (χ0n) is 12.1. The van der Waals surface area contributed by atoms with Gasteiger partial charge in [-0.2, -0.15) is 0 Å². The number of hydrogen-bond acceptors (Lipinski definition) is 3. The van der Waals surface area contributed by atoms with Crippen LogP contribution in [0.15, 0.2) is 28.7 Å². The molecule has 2 N–H and O–H groups in total. The summed E-state index contributed by atoms with van der Waals surface area (Å²) in [6.45, 7) is 4.54. The molecule has 5 heteroatoms. The Hall–Kier alpha value is -1.39. The van der Waals surface area contributed by atoms with Gasteiger partial charge in [-0.1, -0.05) is 27.5 Å². The lowest BCUT2D eigenvalue weighted by atomic mass is 10.1. The van der Waals surface area contributed by atoms with E-state index in [1.54, 1.807) is 12.1 Å². The van der Waals surface area contributed by atoms with E-state index in [1.165, 1.54) is 7.11 Å². The number of aromatic hydroxyl groups is 1. The van der Waals surface area contributed by atoms with Gasteiger partial charge in [0.2, 0.25) is 0 Å². The lowest BCUT2D eigenvalue weighted by Crippen LogP contribution is -2.04. The van der Waals surface area contributed by atoms with Crippen molar-refractivity contribution in [2.45, 2.75) is 20.4 Å². The quantitative estimate of drug-likeness (QED) is 0.791. The van der Waals surface area contributed by atoms with Gasteiger partial charge in [0.25, 0.3) is 0 Å². The predicted octanol–water partition coefficient (Wildman–Crippen LogP) is 5.05. The predicted molar refractivity (Wildman–Crippen MR) is 90.6 cm³/mol. The van der Waals surface area contributed by atoms with Crippen molar-refractivity contribution in [1.82, 2.24) is 0 Å². The number of rotatable bonds is 4. The van der Waals surface area contributed by atoms with E-state index in [4.69, 9.17) is 16.3 Å². The van der Waals surface area contributed by atoms with E-state index in [1.807, 2.05) is 26.0 Å². The summed E-state index contributed by atoms with van der Waals surface area (Å²) in [5.74, 6) is 0.491. The highest BCUT2D eigenvalue weighted by atomic mass is 79.9. The van der Waals surface area contributed by atoms with Gasteiger partial charge in [-0.15, -0.1) is 0 Å². The Morgan fingerprint density at radius 1 is 1.19 bits per heavy atom. The van der Waals surface area contributed by atoms with Crippen LogP contribution in [0.4, 0.5) is 5.69 Å². The maximum absolute atomic E-state index is 10.1. The minimum absolute atomic E-state index is 0.113. The van der Waals surface area contributed by atoms with Crippen LogP contribution in [0, 0.1) is 13.8 Å². The average Bonchev–Trinajstić information content (AvgIpc) is 2.40. The Morgan fingerprint density at radius 3 is 2.38 bits per heavy atom. The molecule has 0 atom stereocenters. The van der Waals surface area contributed by atoms with E-state index in [-0.39, 0.29) is 5.75 Å². The number of hydrogen-bond donors (Lipinski definition) is 2. The molecular weight excluding hydrogens is 354 g/mol. The Kier molecular flexibility index (Phi) is 5.01. The van der Waals surface area contributed by atoms with Crippen molar-refractivity contribution < 1.29 is 9.84 Å². The molecule has 0 fully saturated rings. The molecule has 0 aliphatic heterocycles. The zero-order chi connectivity index (χ0) is 15.6. The first-order valence-electron chi connectivity index (χ1n) is 6.48. The Labute approximate surface area is 138 Å². The van der Waals surface area contributed by atoms with E-state index >= 15 is 0 Å². The summed E-state index contributed by atoms with van der Waals surface area (Å²) in [5.41, 5.74) is 4.02. The molecule has 0 saturated carbocycles. The smallest absolute Gasteiger partial charge is 0.162 e. The third-order valence-electron chi connectivity index (χ3n) is 3.29. The van der Waals surface area contributed by atoms with Crippen LogP contribution in [0.3, 0.4) is 0 Å². The second kappa shape index (κ2) is 6.58. The van der Waals surface area contributed by atoms with Crippen LogP contribution in [0.1, 0.15) is 16.7 Å². The Bertz CT molecular complexity index is 651. The highest BCUT2D eigenvalue weighted by Gasteiger charge is 2.11. The van der Waals surface area contributed by atoms with Crippen LogP contribution >= 0.6 is 27.5 Å². The topological polar surface area (TPSA) is 41.5 Å². The Morgan fingerprint density at radius 2 is 1.81 bits per heavy atom. The van der Waals surface area contributed by atoms with Crippen LogP contribution in [-0.2, 0) is 6.54 Å². The van der Waals surface area contributed by atoms with Gasteiger partial charge in [-0.3, -0.25) is 0 Å². The number of anilines is 1. The second-order valence-electron chi connectivity index (χ2n) is 4.88. The van der Waals surface area contributed by atoms with E-state index < -0.39 is 0 Å². The van der Waals surface area contributed by atoms with Gasteiger partial charge in [0, 0.05) is 33.4 Å². The van der Waals surface area contributed by atoms with Crippen LogP contribution in [0.5, 0.6) is 11.5 Å².